The normalized spacial score (nSPS) is 12.1. The molecule has 0 heterocycles. The molecule has 25 heavy (non-hydrogen) atoms. The van der Waals surface area contributed by atoms with Crippen molar-refractivity contribution in [1.82, 2.24) is 4.72 Å². The molecule has 0 spiro atoms. The van der Waals surface area contributed by atoms with Crippen LogP contribution in [0.15, 0.2) is 41.3 Å². The van der Waals surface area contributed by atoms with Crippen molar-refractivity contribution in [1.29, 1.82) is 0 Å². The SMILES string of the molecule is Nc1c(I)cc(S(=O)(=O)NCc2ccc(NS(=O)(=O)O)cc2)cc1I. The van der Waals surface area contributed by atoms with E-state index in [0.29, 0.717) is 18.4 Å². The van der Waals surface area contributed by atoms with Crippen molar-refractivity contribution >= 4 is 76.9 Å². The van der Waals surface area contributed by atoms with Gasteiger partial charge in [0.15, 0.2) is 0 Å². The molecule has 12 heteroatoms. The standard InChI is InChI=1S/C13H13I2N3O5S2/c14-11-5-10(6-12(15)13(11)16)24(19,20)17-7-8-1-3-9(4-2-8)18-25(21,22)23/h1-6,17-18H,7,16H2,(H,21,22,23). The highest BCUT2D eigenvalue weighted by molar-refractivity contribution is 14.1. The second kappa shape index (κ2) is 7.91. The van der Waals surface area contributed by atoms with Gasteiger partial charge in [-0.15, -0.1) is 0 Å². The Kier molecular flexibility index (Phi) is 6.53. The minimum absolute atomic E-state index is 0.0199. The van der Waals surface area contributed by atoms with E-state index in [1.807, 2.05) is 49.9 Å². The first-order chi connectivity index (χ1) is 11.5. The quantitative estimate of drug-likeness (QED) is 0.225. The summed E-state index contributed by atoms with van der Waals surface area (Å²) < 4.78 is 60.6. The Hall–Kier alpha value is -0.680. The van der Waals surface area contributed by atoms with Crippen molar-refractivity contribution in [2.24, 2.45) is 0 Å². The molecular formula is C13H13I2N3O5S2. The third kappa shape index (κ3) is 5.92. The molecule has 2 aromatic rings. The molecule has 2 rings (SSSR count). The molecule has 0 aromatic heterocycles. The zero-order valence-corrected chi connectivity index (χ0v) is 18.3. The monoisotopic (exact) mass is 609 g/mol. The summed E-state index contributed by atoms with van der Waals surface area (Å²) in [7, 11) is -8.07. The molecule has 8 nitrogen and oxygen atoms in total. The van der Waals surface area contributed by atoms with Crippen LogP contribution in [0.2, 0.25) is 0 Å². The second-order valence-corrected chi connectivity index (χ2v) is 10.1. The van der Waals surface area contributed by atoms with Gasteiger partial charge >= 0.3 is 10.3 Å². The zero-order valence-electron chi connectivity index (χ0n) is 12.4. The Bertz CT molecular complexity index is 970. The molecule has 0 saturated carbocycles. The number of rotatable bonds is 6. The van der Waals surface area contributed by atoms with Crippen LogP contribution in [0.25, 0.3) is 0 Å². The summed E-state index contributed by atoms with van der Waals surface area (Å²) in [5, 5.41) is 0. The number of hydrogen-bond acceptors (Lipinski definition) is 5. The summed E-state index contributed by atoms with van der Waals surface area (Å²) in [6.07, 6.45) is 0. The van der Waals surface area contributed by atoms with E-state index in [1.54, 1.807) is 0 Å². The summed E-state index contributed by atoms with van der Waals surface area (Å²) in [6, 6.07) is 8.86. The van der Waals surface area contributed by atoms with Crippen molar-refractivity contribution in [2.75, 3.05) is 10.5 Å². The van der Waals surface area contributed by atoms with Gasteiger partial charge in [-0.3, -0.25) is 9.27 Å². The first-order valence-corrected chi connectivity index (χ1v) is 11.6. The minimum atomic E-state index is -4.35. The second-order valence-electron chi connectivity index (χ2n) is 4.90. The molecule has 0 bridgehead atoms. The van der Waals surface area contributed by atoms with E-state index >= 15 is 0 Å². The highest BCUT2D eigenvalue weighted by Gasteiger charge is 2.17. The van der Waals surface area contributed by atoms with Crippen molar-refractivity contribution < 1.29 is 21.4 Å². The van der Waals surface area contributed by atoms with Crippen molar-refractivity contribution in [2.45, 2.75) is 11.4 Å². The number of nitrogens with one attached hydrogen (secondary N) is 2. The van der Waals surface area contributed by atoms with Crippen molar-refractivity contribution in [3.63, 3.8) is 0 Å². The fraction of sp³-hybridized carbons (Fsp3) is 0.0769. The van der Waals surface area contributed by atoms with Gasteiger partial charge in [-0.2, -0.15) is 8.42 Å². The molecule has 0 fully saturated rings. The van der Waals surface area contributed by atoms with Crippen LogP contribution in [-0.4, -0.2) is 21.4 Å². The lowest BCUT2D eigenvalue weighted by atomic mass is 10.2. The number of nitrogen functional groups attached to an aromatic ring is 1. The van der Waals surface area contributed by atoms with Gasteiger partial charge in [0.25, 0.3) is 0 Å². The Morgan fingerprint density at radius 3 is 2.00 bits per heavy atom. The maximum absolute atomic E-state index is 12.4. The minimum Gasteiger partial charge on any atom is -0.397 e. The van der Waals surface area contributed by atoms with Gasteiger partial charge in [-0.1, -0.05) is 12.1 Å². The number of anilines is 2. The topological polar surface area (TPSA) is 139 Å². The Morgan fingerprint density at radius 1 is 1.00 bits per heavy atom. The molecule has 0 saturated heterocycles. The van der Waals surface area contributed by atoms with Gasteiger partial charge in [-0.25, -0.2) is 13.1 Å². The summed E-state index contributed by atoms with van der Waals surface area (Å²) in [5.41, 5.74) is 7.13. The maximum Gasteiger partial charge on any atom is 0.357 e. The number of halogens is 2. The molecule has 136 valence electrons. The van der Waals surface area contributed by atoms with Gasteiger partial charge < -0.3 is 5.73 Å². The van der Waals surface area contributed by atoms with Gasteiger partial charge in [0.1, 0.15) is 0 Å². The molecule has 0 unspecified atom stereocenters. The number of benzene rings is 2. The molecular weight excluding hydrogens is 596 g/mol. The lowest BCUT2D eigenvalue weighted by Crippen LogP contribution is -2.23. The number of sulfonamides is 1. The van der Waals surface area contributed by atoms with Crippen LogP contribution in [-0.2, 0) is 26.9 Å². The fourth-order valence-corrected chi connectivity index (χ4v) is 5.51. The predicted molar refractivity (Wildman–Crippen MR) is 112 cm³/mol. The largest absolute Gasteiger partial charge is 0.397 e. The van der Waals surface area contributed by atoms with E-state index in [0.717, 1.165) is 0 Å². The Balaban J connectivity index is 2.12. The van der Waals surface area contributed by atoms with Crippen LogP contribution >= 0.6 is 45.2 Å². The molecule has 0 radical (unpaired) electrons. The molecule has 0 aliphatic carbocycles. The maximum atomic E-state index is 12.4. The Labute approximate surface area is 172 Å². The van der Waals surface area contributed by atoms with E-state index in [9.17, 15) is 16.8 Å². The highest BCUT2D eigenvalue weighted by Crippen LogP contribution is 2.25. The van der Waals surface area contributed by atoms with E-state index in [-0.39, 0.29) is 17.1 Å². The summed E-state index contributed by atoms with van der Waals surface area (Å²) >= 11 is 3.94. The average Bonchev–Trinajstić information content (AvgIpc) is 2.50. The van der Waals surface area contributed by atoms with Crippen LogP contribution < -0.4 is 15.2 Å². The van der Waals surface area contributed by atoms with E-state index in [1.165, 1.54) is 36.4 Å². The van der Waals surface area contributed by atoms with E-state index in [4.69, 9.17) is 10.3 Å². The molecule has 5 N–H and O–H groups in total. The highest BCUT2D eigenvalue weighted by atomic mass is 127. The Morgan fingerprint density at radius 2 is 1.52 bits per heavy atom. The van der Waals surface area contributed by atoms with Crippen LogP contribution in [0.5, 0.6) is 0 Å². The number of nitrogens with two attached hydrogens (primary N) is 1. The molecule has 0 atom stereocenters. The summed E-state index contributed by atoms with van der Waals surface area (Å²) in [4.78, 5) is 0.111. The summed E-state index contributed by atoms with van der Waals surface area (Å²) in [5.74, 6) is 0. The zero-order chi connectivity index (χ0) is 18.8. The molecule has 0 aliphatic heterocycles. The van der Waals surface area contributed by atoms with Crippen LogP contribution in [0.1, 0.15) is 5.56 Å². The van der Waals surface area contributed by atoms with Gasteiger partial charge in [0.05, 0.1) is 16.3 Å². The van der Waals surface area contributed by atoms with Gasteiger partial charge in [0.2, 0.25) is 10.0 Å². The lowest BCUT2D eigenvalue weighted by molar-refractivity contribution is 0.489. The molecule has 0 amide bonds. The lowest BCUT2D eigenvalue weighted by Gasteiger charge is -2.10. The average molecular weight is 609 g/mol. The van der Waals surface area contributed by atoms with E-state index in [2.05, 4.69) is 4.72 Å². The van der Waals surface area contributed by atoms with Gasteiger partial charge in [0, 0.05) is 13.7 Å². The first-order valence-electron chi connectivity index (χ1n) is 6.56. The number of hydrogen-bond donors (Lipinski definition) is 4. The van der Waals surface area contributed by atoms with Gasteiger partial charge in [-0.05, 0) is 75.0 Å². The first kappa shape index (κ1) is 20.6. The fourth-order valence-electron chi connectivity index (χ4n) is 1.82. The third-order valence-corrected chi connectivity index (χ3v) is 6.69. The summed E-state index contributed by atoms with van der Waals surface area (Å²) in [6.45, 7) is 0.0199. The third-order valence-electron chi connectivity index (χ3n) is 3.03. The van der Waals surface area contributed by atoms with Crippen molar-refractivity contribution in [3.8, 4) is 0 Å². The predicted octanol–water partition coefficient (Wildman–Crippen LogP) is 2.17. The molecule has 0 aliphatic rings. The smallest absolute Gasteiger partial charge is 0.357 e. The van der Waals surface area contributed by atoms with Crippen LogP contribution in [0, 0.1) is 7.14 Å². The van der Waals surface area contributed by atoms with E-state index < -0.39 is 20.3 Å². The van der Waals surface area contributed by atoms with Crippen molar-refractivity contribution in [3.05, 3.63) is 49.1 Å². The van der Waals surface area contributed by atoms with Crippen LogP contribution in [0.3, 0.4) is 0 Å². The van der Waals surface area contributed by atoms with Crippen LogP contribution in [0.4, 0.5) is 11.4 Å². The molecule has 2 aromatic carbocycles.